The number of methoxy groups -OCH3 is 1. The van der Waals surface area contributed by atoms with E-state index < -0.39 is 0 Å². The molecule has 124 valence electrons. The molecule has 0 saturated carbocycles. The molecular formula is C15H25IN4O2. The second-order valence-electron chi connectivity index (χ2n) is 4.88. The largest absolute Gasteiger partial charge is 0.481 e. The molecule has 0 aromatic carbocycles. The molecule has 0 aliphatic carbocycles. The average molecular weight is 420 g/mol. The molecule has 1 aliphatic rings. The molecule has 1 aliphatic heterocycles. The van der Waals surface area contributed by atoms with E-state index in [-0.39, 0.29) is 24.0 Å². The number of aliphatic imine (C=N–C) groups is 1. The van der Waals surface area contributed by atoms with Crippen molar-refractivity contribution in [3.63, 3.8) is 0 Å². The lowest BCUT2D eigenvalue weighted by atomic mass is 10.2. The van der Waals surface area contributed by atoms with Crippen LogP contribution in [0.3, 0.4) is 0 Å². The Bertz CT molecular complexity index is 465. The molecule has 1 aromatic rings. The van der Waals surface area contributed by atoms with E-state index in [2.05, 4.69) is 20.6 Å². The Morgan fingerprint density at radius 3 is 3.00 bits per heavy atom. The summed E-state index contributed by atoms with van der Waals surface area (Å²) in [5.41, 5.74) is 0.878. The van der Waals surface area contributed by atoms with E-state index in [0.717, 1.165) is 44.2 Å². The van der Waals surface area contributed by atoms with Gasteiger partial charge in [-0.25, -0.2) is 9.98 Å². The molecule has 1 fully saturated rings. The van der Waals surface area contributed by atoms with Crippen LogP contribution in [-0.4, -0.2) is 43.9 Å². The first-order chi connectivity index (χ1) is 10.3. The zero-order chi connectivity index (χ0) is 14.9. The number of hydrogen-bond acceptors (Lipinski definition) is 4. The van der Waals surface area contributed by atoms with Gasteiger partial charge in [0.1, 0.15) is 0 Å². The van der Waals surface area contributed by atoms with Gasteiger partial charge >= 0.3 is 0 Å². The lowest BCUT2D eigenvalue weighted by molar-refractivity contribution is 0.114. The number of halogens is 1. The van der Waals surface area contributed by atoms with Gasteiger partial charge in [0.25, 0.3) is 0 Å². The maximum atomic E-state index is 5.60. The molecule has 6 nitrogen and oxygen atoms in total. The molecule has 0 bridgehead atoms. The zero-order valence-electron chi connectivity index (χ0n) is 13.2. The van der Waals surface area contributed by atoms with Crippen LogP contribution in [0.5, 0.6) is 5.88 Å². The number of nitrogens with zero attached hydrogens (tertiary/aromatic N) is 2. The van der Waals surface area contributed by atoms with E-state index in [4.69, 9.17) is 9.47 Å². The maximum Gasteiger partial charge on any atom is 0.213 e. The van der Waals surface area contributed by atoms with E-state index in [1.807, 2.05) is 25.1 Å². The van der Waals surface area contributed by atoms with Gasteiger partial charge in [0.05, 0.1) is 25.5 Å². The van der Waals surface area contributed by atoms with E-state index in [1.165, 1.54) is 0 Å². The van der Waals surface area contributed by atoms with Crippen LogP contribution in [0.4, 0.5) is 0 Å². The molecular weight excluding hydrogens is 395 g/mol. The van der Waals surface area contributed by atoms with Crippen molar-refractivity contribution in [1.29, 1.82) is 0 Å². The van der Waals surface area contributed by atoms with Crippen molar-refractivity contribution in [3.05, 3.63) is 23.9 Å². The van der Waals surface area contributed by atoms with Crippen LogP contribution in [0.1, 0.15) is 25.5 Å². The quantitative estimate of drug-likeness (QED) is 0.419. The van der Waals surface area contributed by atoms with Gasteiger partial charge in [-0.1, -0.05) is 6.07 Å². The Kier molecular flexibility index (Phi) is 9.14. The van der Waals surface area contributed by atoms with Gasteiger partial charge in [0.2, 0.25) is 5.88 Å². The molecule has 1 saturated heterocycles. The van der Waals surface area contributed by atoms with Gasteiger partial charge in [-0.3, -0.25) is 0 Å². The summed E-state index contributed by atoms with van der Waals surface area (Å²) in [5.74, 6) is 1.40. The summed E-state index contributed by atoms with van der Waals surface area (Å²) in [7, 11) is 1.61. The van der Waals surface area contributed by atoms with E-state index >= 15 is 0 Å². The molecule has 0 radical (unpaired) electrons. The van der Waals surface area contributed by atoms with Crippen LogP contribution in [-0.2, 0) is 11.3 Å². The van der Waals surface area contributed by atoms with E-state index in [9.17, 15) is 0 Å². The average Bonchev–Trinajstić information content (AvgIpc) is 3.03. The first-order valence-electron chi connectivity index (χ1n) is 7.45. The molecule has 1 unspecified atom stereocenters. The first kappa shape index (κ1) is 19.0. The normalized spacial score (nSPS) is 17.7. The van der Waals surface area contributed by atoms with Crippen molar-refractivity contribution in [2.24, 2.45) is 4.99 Å². The minimum absolute atomic E-state index is 0. The SMILES string of the molecule is CCNC(=NCc1cccc(OC)n1)NCC1CCCO1.I. The summed E-state index contributed by atoms with van der Waals surface area (Å²) in [4.78, 5) is 8.89. The Morgan fingerprint density at radius 1 is 1.45 bits per heavy atom. The Balaban J connectivity index is 0.00000242. The van der Waals surface area contributed by atoms with Gasteiger partial charge in [-0.2, -0.15) is 0 Å². The third-order valence-electron chi connectivity index (χ3n) is 3.25. The molecule has 2 heterocycles. The van der Waals surface area contributed by atoms with Crippen molar-refractivity contribution in [1.82, 2.24) is 15.6 Å². The van der Waals surface area contributed by atoms with Crippen LogP contribution in [0.2, 0.25) is 0 Å². The summed E-state index contributed by atoms with van der Waals surface area (Å²) >= 11 is 0. The number of rotatable bonds is 6. The second-order valence-corrected chi connectivity index (χ2v) is 4.88. The van der Waals surface area contributed by atoms with Gasteiger partial charge in [-0.05, 0) is 25.8 Å². The van der Waals surface area contributed by atoms with E-state index in [0.29, 0.717) is 18.5 Å². The summed E-state index contributed by atoms with van der Waals surface area (Å²) in [6.07, 6.45) is 2.56. The fourth-order valence-corrected chi connectivity index (χ4v) is 2.18. The molecule has 2 N–H and O–H groups in total. The summed E-state index contributed by atoms with van der Waals surface area (Å²) in [6.45, 7) is 5.04. The van der Waals surface area contributed by atoms with Crippen LogP contribution in [0, 0.1) is 0 Å². The molecule has 2 rings (SSSR count). The fourth-order valence-electron chi connectivity index (χ4n) is 2.18. The van der Waals surface area contributed by atoms with Gasteiger partial charge in [0, 0.05) is 25.8 Å². The molecule has 1 aromatic heterocycles. The highest BCUT2D eigenvalue weighted by Gasteiger charge is 2.15. The predicted octanol–water partition coefficient (Wildman–Crippen LogP) is 1.94. The predicted molar refractivity (Wildman–Crippen MR) is 98.0 cm³/mol. The maximum absolute atomic E-state index is 5.60. The fraction of sp³-hybridized carbons (Fsp3) is 0.600. The van der Waals surface area contributed by atoms with Crippen molar-refractivity contribution in [2.45, 2.75) is 32.4 Å². The van der Waals surface area contributed by atoms with Gasteiger partial charge in [0.15, 0.2) is 5.96 Å². The van der Waals surface area contributed by atoms with Crippen LogP contribution < -0.4 is 15.4 Å². The van der Waals surface area contributed by atoms with E-state index in [1.54, 1.807) is 7.11 Å². The van der Waals surface area contributed by atoms with Crippen molar-refractivity contribution < 1.29 is 9.47 Å². The topological polar surface area (TPSA) is 67.8 Å². The number of guanidine groups is 1. The smallest absolute Gasteiger partial charge is 0.213 e. The molecule has 0 spiro atoms. The molecule has 7 heteroatoms. The lowest BCUT2D eigenvalue weighted by Gasteiger charge is -2.14. The van der Waals surface area contributed by atoms with Gasteiger partial charge in [-0.15, -0.1) is 24.0 Å². The third-order valence-corrected chi connectivity index (χ3v) is 3.25. The molecule has 1 atom stereocenters. The number of ether oxygens (including phenoxy) is 2. The number of hydrogen-bond donors (Lipinski definition) is 2. The lowest BCUT2D eigenvalue weighted by Crippen LogP contribution is -2.41. The van der Waals surface area contributed by atoms with Crippen LogP contribution >= 0.6 is 24.0 Å². The highest BCUT2D eigenvalue weighted by atomic mass is 127. The third kappa shape index (κ3) is 6.35. The number of nitrogens with one attached hydrogen (secondary N) is 2. The molecule has 0 amide bonds. The van der Waals surface area contributed by atoms with Crippen LogP contribution in [0.25, 0.3) is 0 Å². The van der Waals surface area contributed by atoms with Crippen molar-refractivity contribution in [2.75, 3.05) is 26.8 Å². The van der Waals surface area contributed by atoms with Crippen molar-refractivity contribution >= 4 is 29.9 Å². The minimum atomic E-state index is 0. The Labute approximate surface area is 149 Å². The minimum Gasteiger partial charge on any atom is -0.481 e. The number of pyridine rings is 1. The summed E-state index contributed by atoms with van der Waals surface area (Å²) in [6, 6.07) is 5.69. The highest BCUT2D eigenvalue weighted by Crippen LogP contribution is 2.10. The molecule has 22 heavy (non-hydrogen) atoms. The summed E-state index contributed by atoms with van der Waals surface area (Å²) < 4.78 is 10.7. The monoisotopic (exact) mass is 420 g/mol. The summed E-state index contributed by atoms with van der Waals surface area (Å²) in [5, 5.41) is 6.55. The van der Waals surface area contributed by atoms with Crippen LogP contribution in [0.15, 0.2) is 23.2 Å². The standard InChI is InChI=1S/C15H24N4O2.HI/c1-3-16-15(18-11-13-7-5-9-21-13)17-10-12-6-4-8-14(19-12)20-2;/h4,6,8,13H,3,5,7,9-11H2,1-2H3,(H2,16,17,18);1H. The van der Waals surface area contributed by atoms with Gasteiger partial charge < -0.3 is 20.1 Å². The second kappa shape index (κ2) is 10.6. The number of aromatic nitrogens is 1. The Morgan fingerprint density at radius 2 is 2.32 bits per heavy atom. The first-order valence-corrected chi connectivity index (χ1v) is 7.45. The van der Waals surface area contributed by atoms with Crippen molar-refractivity contribution in [3.8, 4) is 5.88 Å². The zero-order valence-corrected chi connectivity index (χ0v) is 15.5. The Hall–Kier alpha value is -1.09. The highest BCUT2D eigenvalue weighted by molar-refractivity contribution is 14.0.